The van der Waals surface area contributed by atoms with Gasteiger partial charge in [-0.3, -0.25) is 0 Å². The first-order chi connectivity index (χ1) is 49.9. The highest BCUT2D eigenvalue weighted by Crippen LogP contribution is 2.55. The quantitative estimate of drug-likeness (QED) is 0.0884. The van der Waals surface area contributed by atoms with Gasteiger partial charge in [0.15, 0.2) is 69.8 Å². The fraction of sp³-hybridized carbons (Fsp3) is 0.0233. The number of aliphatic hydroxyl groups excluding tert-OH is 1. The zero-order chi connectivity index (χ0) is 72.4. The lowest BCUT2D eigenvalue weighted by atomic mass is 9.80. The molecule has 508 valence electrons. The molecule has 0 atom stereocenters. The fourth-order valence-electron chi connectivity index (χ4n) is 13.9. The number of nitrogens with zero attached hydrogens (tertiary/aromatic N) is 1. The van der Waals surface area contributed by atoms with Crippen LogP contribution < -0.4 is 20.6 Å². The Bertz CT molecular complexity index is 5180. The van der Waals surface area contributed by atoms with E-state index in [9.17, 15) is 0 Å². The number of aryl methyl sites for hydroxylation is 1. The third-order valence-corrected chi connectivity index (χ3v) is 18.2. The van der Waals surface area contributed by atoms with Crippen molar-refractivity contribution in [1.82, 2.24) is 0 Å². The highest BCUT2D eigenvalue weighted by atomic mass is 19.2. The van der Waals surface area contributed by atoms with Crippen molar-refractivity contribution in [2.75, 3.05) is 12.0 Å². The summed E-state index contributed by atoms with van der Waals surface area (Å²) in [4.78, 5) is 1.60. The number of hydrogen-bond acceptors (Lipinski definition) is 2. The second kappa shape index (κ2) is 27.4. The summed E-state index contributed by atoms with van der Waals surface area (Å²) >= 11 is 0. The van der Waals surface area contributed by atoms with Crippen LogP contribution in [0.25, 0.3) is 82.4 Å². The van der Waals surface area contributed by atoms with Crippen LogP contribution in [0.3, 0.4) is 0 Å². The first kappa shape index (κ1) is 67.9. The van der Waals surface area contributed by atoms with Crippen molar-refractivity contribution >= 4 is 66.1 Å². The smallest absolute Gasteiger partial charge is 0.200 e. The Morgan fingerprint density at radius 1 is 0.223 bits per heavy atom. The van der Waals surface area contributed by atoms with Crippen molar-refractivity contribution in [1.29, 1.82) is 0 Å². The molecule has 0 spiro atoms. The molecule has 0 aliphatic carbocycles. The molecule has 3 aliphatic rings. The summed E-state index contributed by atoms with van der Waals surface area (Å²) in [5, 5.41) is 6.24. The molecule has 13 aromatic carbocycles. The van der Waals surface area contributed by atoms with Gasteiger partial charge in [-0.2, -0.15) is 0 Å². The molecule has 0 fully saturated rings. The van der Waals surface area contributed by atoms with Crippen LogP contribution in [-0.4, -0.2) is 12.2 Å². The molecule has 17 heteroatoms. The molecule has 0 saturated heterocycles. The summed E-state index contributed by atoms with van der Waals surface area (Å²) in [5.74, 6) is -35.3. The third-order valence-electron chi connectivity index (χ3n) is 18.2. The lowest BCUT2D eigenvalue weighted by Gasteiger charge is -2.39. The molecule has 1 N–H and O–H groups in total. The Kier molecular flexibility index (Phi) is 18.1. The van der Waals surface area contributed by atoms with Gasteiger partial charge in [0.1, 0.15) is 0 Å². The lowest BCUT2D eigenvalue weighted by Crippen LogP contribution is -2.32. The Morgan fingerprint density at radius 3 is 0.534 bits per heavy atom. The maximum Gasteiger partial charge on any atom is 0.200 e. The minimum atomic E-state index is -2.50. The second-order valence-corrected chi connectivity index (χ2v) is 24.0. The molecule has 103 heavy (non-hydrogen) atoms. The van der Waals surface area contributed by atoms with Gasteiger partial charge < -0.3 is 10.0 Å². The number of benzene rings is 13. The summed E-state index contributed by atoms with van der Waals surface area (Å²) in [5.41, 5.74) is -2.09. The van der Waals surface area contributed by atoms with Crippen LogP contribution >= 0.6 is 0 Å². The monoisotopic (exact) mass is 1400 g/mol. The normalized spacial score (nSPS) is 11.6. The molecular formula is C86H48F15NO. The van der Waals surface area contributed by atoms with Gasteiger partial charge in [-0.15, -0.1) is 0 Å². The van der Waals surface area contributed by atoms with E-state index in [1.165, 1.54) is 5.56 Å². The van der Waals surface area contributed by atoms with Gasteiger partial charge in [-0.25, -0.2) is 65.9 Å². The standard InChI is InChI=1S/C78H36F15N.C7H8.CH4O/c79-61-55(62(80)68(86)73(91)67(61)85)43-31-46-58(52(37-19-7-1-8-20-37)38-21-9-2-10-22-38)47-32-44(56-63(81)69(87)74(92)70(88)64(56)82)34-49-60(54(41-27-15-5-16-28-41)42-29-17-6-18-30-42)51-36-45(57-65(83)71(89)75(93)72(90)66(57)84)35-50-59(48(33-43)76(46)94(77(47)49)78(50)51)53(39-23-11-3-12-24-39)40-25-13-4-14-26-40;1-7-5-3-2-4-6-7;1-2/h1-36H;2-6H,1H3;2H,1H3. The highest BCUT2D eigenvalue weighted by Gasteiger charge is 2.39. The molecule has 3 heterocycles. The summed E-state index contributed by atoms with van der Waals surface area (Å²) in [6, 6.07) is 67.4. The molecular weight excluding hydrogens is 1350 g/mol. The van der Waals surface area contributed by atoms with E-state index >= 15 is 65.9 Å². The van der Waals surface area contributed by atoms with Gasteiger partial charge in [0, 0.05) is 55.1 Å². The molecule has 13 aromatic rings. The molecule has 0 amide bonds. The average molecular weight is 1400 g/mol. The van der Waals surface area contributed by atoms with E-state index in [1.54, 1.807) is 187 Å². The van der Waals surface area contributed by atoms with Gasteiger partial charge in [0.2, 0.25) is 17.5 Å². The van der Waals surface area contributed by atoms with Crippen LogP contribution in [0, 0.1) is 94.2 Å². The Hall–Kier alpha value is -12.2. The van der Waals surface area contributed by atoms with E-state index in [1.807, 2.05) is 18.2 Å². The predicted octanol–water partition coefficient (Wildman–Crippen LogP) is 21.5. The SMILES string of the molecule is CO.Cc1ccccc1.Fc1c(F)c(F)c(-c2cc3c4c(c2)c(=C(c2ccccc2)c2ccccc2)c2cc(-c5c(F)c(F)c(F)c(F)c5F)cc5c2N4c2c(cc(-c4c(F)c(F)c(F)c(F)c4F)cc2c5=C(c2ccccc2)c2ccccc2)c3=C(c2ccccc2)c2ccccc2)c(F)c1F. The summed E-state index contributed by atoms with van der Waals surface area (Å²) in [7, 11) is 1.00. The molecule has 0 unspecified atom stereocenters. The van der Waals surface area contributed by atoms with E-state index in [4.69, 9.17) is 5.11 Å². The summed E-state index contributed by atoms with van der Waals surface area (Å²) in [6.07, 6.45) is 0. The van der Waals surface area contributed by atoms with Gasteiger partial charge in [-0.05, 0) is 110 Å². The minimum Gasteiger partial charge on any atom is -0.400 e. The van der Waals surface area contributed by atoms with Crippen LogP contribution in [-0.2, 0) is 0 Å². The first-order valence-corrected chi connectivity index (χ1v) is 31.8. The van der Waals surface area contributed by atoms with E-state index in [0.717, 1.165) is 43.5 Å². The molecule has 2 nitrogen and oxygen atoms in total. The maximum absolute atomic E-state index is 17.1. The maximum atomic E-state index is 17.1. The van der Waals surface area contributed by atoms with Gasteiger partial charge >= 0.3 is 0 Å². The third kappa shape index (κ3) is 11.3. The predicted molar refractivity (Wildman–Crippen MR) is 371 cm³/mol. The van der Waals surface area contributed by atoms with Gasteiger partial charge in [0.25, 0.3) is 0 Å². The molecule has 3 aliphatic heterocycles. The number of halogens is 15. The van der Waals surface area contributed by atoms with E-state index in [0.29, 0.717) is 33.4 Å². The van der Waals surface area contributed by atoms with Crippen molar-refractivity contribution in [2.45, 2.75) is 6.92 Å². The first-order valence-electron chi connectivity index (χ1n) is 31.8. The van der Waals surface area contributed by atoms with E-state index < -0.39 is 121 Å². The highest BCUT2D eigenvalue weighted by molar-refractivity contribution is 6.25. The molecule has 0 radical (unpaired) electrons. The van der Waals surface area contributed by atoms with Crippen LogP contribution in [0.5, 0.6) is 0 Å². The average Bonchev–Trinajstić information content (AvgIpc) is 0.668. The van der Waals surface area contributed by atoms with Gasteiger partial charge in [0.05, 0.1) is 33.8 Å². The van der Waals surface area contributed by atoms with Crippen LogP contribution in [0.4, 0.5) is 82.9 Å². The lowest BCUT2D eigenvalue weighted by molar-refractivity contribution is 0.381. The second-order valence-electron chi connectivity index (χ2n) is 24.0. The van der Waals surface area contributed by atoms with Crippen LogP contribution in [0.15, 0.2) is 249 Å². The van der Waals surface area contributed by atoms with Crippen molar-refractivity contribution < 1.29 is 71.0 Å². The summed E-state index contributed by atoms with van der Waals surface area (Å²) < 4.78 is 245. The fourth-order valence-corrected chi connectivity index (χ4v) is 13.9. The summed E-state index contributed by atoms with van der Waals surface area (Å²) in [6.45, 7) is 2.08. The Morgan fingerprint density at radius 2 is 0.379 bits per heavy atom. The number of rotatable bonds is 9. The molecule has 0 saturated carbocycles. The minimum absolute atomic E-state index is 0.0110. The zero-order valence-electron chi connectivity index (χ0n) is 53.7. The Balaban J connectivity index is 0.000000934. The molecule has 0 bridgehead atoms. The number of hydrogen-bond donors (Lipinski definition) is 1. The Labute approximate surface area is 577 Å². The van der Waals surface area contributed by atoms with Gasteiger partial charge in [-0.1, -0.05) is 218 Å². The topological polar surface area (TPSA) is 23.5 Å². The van der Waals surface area contributed by atoms with Crippen molar-refractivity contribution in [2.24, 2.45) is 0 Å². The van der Waals surface area contributed by atoms with E-state index in [2.05, 4.69) is 19.1 Å². The number of aliphatic hydroxyl groups is 1. The number of anilines is 3. The zero-order valence-corrected chi connectivity index (χ0v) is 53.7. The molecule has 16 rings (SSSR count). The van der Waals surface area contributed by atoms with Crippen molar-refractivity contribution in [3.63, 3.8) is 0 Å². The van der Waals surface area contributed by atoms with Crippen molar-refractivity contribution in [3.8, 4) is 33.4 Å². The van der Waals surface area contributed by atoms with Crippen molar-refractivity contribution in [3.05, 3.63) is 391 Å². The largest absolute Gasteiger partial charge is 0.400 e. The molecule has 0 aromatic heterocycles. The van der Waals surface area contributed by atoms with Crippen LogP contribution in [0.2, 0.25) is 0 Å². The van der Waals surface area contributed by atoms with Crippen LogP contribution in [0.1, 0.15) is 38.9 Å². The van der Waals surface area contributed by atoms with E-state index in [-0.39, 0.29) is 81.8 Å².